The van der Waals surface area contributed by atoms with Crippen LogP contribution in [0, 0.1) is 11.8 Å². The van der Waals surface area contributed by atoms with E-state index in [2.05, 4.69) is 24.2 Å². The molecule has 21 heavy (non-hydrogen) atoms. The Labute approximate surface area is 124 Å². The first-order valence-corrected chi connectivity index (χ1v) is 7.34. The highest BCUT2D eigenvalue weighted by molar-refractivity contribution is 6.07. The average Bonchev–Trinajstić information content (AvgIpc) is 2.98. The first-order valence-electron chi connectivity index (χ1n) is 7.34. The molecule has 0 saturated carbocycles. The Morgan fingerprint density at radius 2 is 2.00 bits per heavy atom. The van der Waals surface area contributed by atoms with Crippen molar-refractivity contribution in [1.29, 1.82) is 0 Å². The van der Waals surface area contributed by atoms with Gasteiger partial charge < -0.3 is 4.42 Å². The van der Waals surface area contributed by atoms with E-state index in [0.717, 1.165) is 24.1 Å². The Morgan fingerprint density at radius 1 is 1.33 bits per heavy atom. The van der Waals surface area contributed by atoms with Crippen molar-refractivity contribution >= 4 is 16.9 Å². The quantitative estimate of drug-likeness (QED) is 0.515. The molecule has 0 bridgehead atoms. The molecule has 112 valence electrons. The van der Waals surface area contributed by atoms with Crippen LogP contribution < -0.4 is 11.3 Å². The lowest BCUT2D eigenvalue weighted by molar-refractivity contribution is 0.0951. The highest BCUT2D eigenvalue weighted by Crippen LogP contribution is 2.29. The molecular formula is C16H21N3O2. The molecule has 1 aromatic heterocycles. The van der Waals surface area contributed by atoms with Crippen LogP contribution in [-0.2, 0) is 6.54 Å². The van der Waals surface area contributed by atoms with E-state index < -0.39 is 0 Å². The fourth-order valence-electron chi connectivity index (χ4n) is 3.11. The summed E-state index contributed by atoms with van der Waals surface area (Å²) in [7, 11) is 0. The number of carbonyl (C=O) groups excluding carboxylic acids is 1. The van der Waals surface area contributed by atoms with E-state index in [1.54, 1.807) is 0 Å². The monoisotopic (exact) mass is 287 g/mol. The van der Waals surface area contributed by atoms with Crippen molar-refractivity contribution in [3.05, 3.63) is 35.6 Å². The van der Waals surface area contributed by atoms with E-state index in [4.69, 9.17) is 10.3 Å². The molecule has 3 N–H and O–H groups in total. The van der Waals surface area contributed by atoms with Gasteiger partial charge in [-0.25, -0.2) is 5.84 Å². The van der Waals surface area contributed by atoms with E-state index in [-0.39, 0.29) is 5.91 Å². The molecule has 1 aliphatic rings. The molecule has 0 radical (unpaired) electrons. The summed E-state index contributed by atoms with van der Waals surface area (Å²) in [6.07, 6.45) is 0. The minimum Gasteiger partial charge on any atom is -0.459 e. The van der Waals surface area contributed by atoms with Crippen molar-refractivity contribution in [2.75, 3.05) is 13.1 Å². The van der Waals surface area contributed by atoms with E-state index >= 15 is 0 Å². The van der Waals surface area contributed by atoms with Gasteiger partial charge in [0, 0.05) is 18.5 Å². The molecule has 2 atom stereocenters. The van der Waals surface area contributed by atoms with Gasteiger partial charge in [0.1, 0.15) is 11.3 Å². The molecule has 1 amide bonds. The normalized spacial score (nSPS) is 22.8. The molecule has 1 saturated heterocycles. The van der Waals surface area contributed by atoms with Crippen molar-refractivity contribution in [3.63, 3.8) is 0 Å². The summed E-state index contributed by atoms with van der Waals surface area (Å²) in [4.78, 5) is 14.4. The number of para-hydroxylation sites is 1. The number of furan rings is 1. The number of hydrogen-bond donors (Lipinski definition) is 2. The molecule has 5 heteroatoms. The van der Waals surface area contributed by atoms with Crippen LogP contribution in [0.1, 0.15) is 30.0 Å². The highest BCUT2D eigenvalue weighted by Gasteiger charge is 2.29. The van der Waals surface area contributed by atoms with Crippen LogP contribution in [0.15, 0.2) is 28.7 Å². The Kier molecular flexibility index (Phi) is 3.69. The summed E-state index contributed by atoms with van der Waals surface area (Å²) in [6.45, 7) is 7.23. The number of nitrogen functional groups attached to an aromatic ring is 1. The largest absolute Gasteiger partial charge is 0.459 e. The SMILES string of the molecule is CC1CN(Cc2oc3ccccc3c2C(=O)NN)CC1C. The first-order chi connectivity index (χ1) is 10.1. The van der Waals surface area contributed by atoms with Crippen LogP contribution in [0.3, 0.4) is 0 Å². The number of likely N-dealkylation sites (tertiary alicyclic amines) is 1. The summed E-state index contributed by atoms with van der Waals surface area (Å²) < 4.78 is 5.90. The molecule has 1 aliphatic heterocycles. The number of hydrazine groups is 1. The van der Waals surface area contributed by atoms with Crippen LogP contribution in [0.4, 0.5) is 0 Å². The number of hydrogen-bond acceptors (Lipinski definition) is 4. The van der Waals surface area contributed by atoms with Gasteiger partial charge in [-0.3, -0.25) is 15.1 Å². The molecule has 2 aromatic rings. The third-order valence-electron chi connectivity index (χ3n) is 4.46. The summed E-state index contributed by atoms with van der Waals surface area (Å²) in [5.74, 6) is 7.05. The van der Waals surface area contributed by atoms with Gasteiger partial charge >= 0.3 is 0 Å². The smallest absolute Gasteiger partial charge is 0.269 e. The van der Waals surface area contributed by atoms with Crippen molar-refractivity contribution < 1.29 is 9.21 Å². The number of nitrogens with two attached hydrogens (primary N) is 1. The number of amides is 1. The van der Waals surface area contributed by atoms with Gasteiger partial charge in [0.15, 0.2) is 0 Å². The molecule has 0 aliphatic carbocycles. The Balaban J connectivity index is 1.96. The molecular weight excluding hydrogens is 266 g/mol. The van der Waals surface area contributed by atoms with E-state index in [0.29, 0.717) is 29.7 Å². The van der Waals surface area contributed by atoms with Crippen LogP contribution in [-0.4, -0.2) is 23.9 Å². The summed E-state index contributed by atoms with van der Waals surface area (Å²) >= 11 is 0. The molecule has 0 spiro atoms. The Morgan fingerprint density at radius 3 is 2.67 bits per heavy atom. The minimum absolute atomic E-state index is 0.296. The third kappa shape index (κ3) is 2.54. The summed E-state index contributed by atoms with van der Waals surface area (Å²) in [5, 5.41) is 0.816. The van der Waals surface area contributed by atoms with Crippen molar-refractivity contribution in [2.24, 2.45) is 17.7 Å². The van der Waals surface area contributed by atoms with Gasteiger partial charge in [0.25, 0.3) is 5.91 Å². The zero-order chi connectivity index (χ0) is 15.0. The number of benzene rings is 1. The maximum Gasteiger partial charge on any atom is 0.269 e. The minimum atomic E-state index is -0.296. The molecule has 1 fully saturated rings. The lowest BCUT2D eigenvalue weighted by Gasteiger charge is -2.14. The fourth-order valence-corrected chi connectivity index (χ4v) is 3.11. The topological polar surface area (TPSA) is 71.5 Å². The van der Waals surface area contributed by atoms with Gasteiger partial charge in [-0.05, 0) is 17.9 Å². The second-order valence-electron chi connectivity index (χ2n) is 6.02. The van der Waals surface area contributed by atoms with Gasteiger partial charge in [-0.15, -0.1) is 0 Å². The Hall–Kier alpha value is -1.85. The van der Waals surface area contributed by atoms with Crippen molar-refractivity contribution in [3.8, 4) is 0 Å². The van der Waals surface area contributed by atoms with Gasteiger partial charge in [0.05, 0.1) is 12.1 Å². The maximum atomic E-state index is 12.1. The zero-order valence-corrected chi connectivity index (χ0v) is 12.4. The van der Waals surface area contributed by atoms with E-state index in [1.165, 1.54) is 0 Å². The number of fused-ring (bicyclic) bond motifs is 1. The van der Waals surface area contributed by atoms with Crippen LogP contribution in [0.25, 0.3) is 11.0 Å². The molecule has 2 heterocycles. The standard InChI is InChI=1S/C16H21N3O2/c1-10-7-19(8-11(10)2)9-14-15(16(20)18-17)12-5-3-4-6-13(12)21-14/h3-6,10-11H,7-9,17H2,1-2H3,(H,18,20). The maximum absolute atomic E-state index is 12.1. The molecule has 5 nitrogen and oxygen atoms in total. The number of nitrogens with zero attached hydrogens (tertiary/aromatic N) is 1. The van der Waals surface area contributed by atoms with E-state index in [1.807, 2.05) is 24.3 Å². The van der Waals surface area contributed by atoms with Crippen LogP contribution >= 0.6 is 0 Å². The number of nitrogens with one attached hydrogen (secondary N) is 1. The third-order valence-corrected chi connectivity index (χ3v) is 4.46. The lowest BCUT2D eigenvalue weighted by atomic mass is 10.0. The van der Waals surface area contributed by atoms with Gasteiger partial charge in [-0.1, -0.05) is 32.0 Å². The Bertz CT molecular complexity index is 655. The van der Waals surface area contributed by atoms with Gasteiger partial charge in [-0.2, -0.15) is 0 Å². The van der Waals surface area contributed by atoms with Crippen molar-refractivity contribution in [2.45, 2.75) is 20.4 Å². The lowest BCUT2D eigenvalue weighted by Crippen LogP contribution is -2.31. The van der Waals surface area contributed by atoms with Crippen LogP contribution in [0.2, 0.25) is 0 Å². The highest BCUT2D eigenvalue weighted by atomic mass is 16.3. The predicted molar refractivity (Wildman–Crippen MR) is 81.5 cm³/mol. The summed E-state index contributed by atoms with van der Waals surface area (Å²) in [5.41, 5.74) is 3.51. The average molecular weight is 287 g/mol. The molecule has 2 unspecified atom stereocenters. The number of rotatable bonds is 3. The first kappa shape index (κ1) is 14.1. The molecule has 3 rings (SSSR count). The second-order valence-corrected chi connectivity index (χ2v) is 6.02. The summed E-state index contributed by atoms with van der Waals surface area (Å²) in [6, 6.07) is 7.57. The number of carbonyl (C=O) groups is 1. The zero-order valence-electron chi connectivity index (χ0n) is 12.4. The van der Waals surface area contributed by atoms with Crippen molar-refractivity contribution in [1.82, 2.24) is 10.3 Å². The van der Waals surface area contributed by atoms with Crippen LogP contribution in [0.5, 0.6) is 0 Å². The fraction of sp³-hybridized carbons (Fsp3) is 0.438. The van der Waals surface area contributed by atoms with Gasteiger partial charge in [0.2, 0.25) is 0 Å². The second kappa shape index (κ2) is 5.50. The molecule has 1 aromatic carbocycles. The predicted octanol–water partition coefficient (Wildman–Crippen LogP) is 2.12. The van der Waals surface area contributed by atoms with E-state index in [9.17, 15) is 4.79 Å².